The zero-order chi connectivity index (χ0) is 17.7. The summed E-state index contributed by atoms with van der Waals surface area (Å²) in [4.78, 5) is 14.0. The van der Waals surface area contributed by atoms with Gasteiger partial charge in [-0.25, -0.2) is 13.2 Å². The van der Waals surface area contributed by atoms with Crippen molar-refractivity contribution in [2.75, 3.05) is 26.2 Å². The van der Waals surface area contributed by atoms with Crippen LogP contribution in [0, 0.1) is 11.7 Å². The number of halogens is 3. The van der Waals surface area contributed by atoms with Crippen LogP contribution in [0.5, 0.6) is 0 Å². The van der Waals surface area contributed by atoms with Crippen LogP contribution in [0.2, 0.25) is 0 Å². The lowest BCUT2D eigenvalue weighted by molar-refractivity contribution is -0.126. The predicted octanol–water partition coefficient (Wildman–Crippen LogP) is 3.20. The third-order valence-electron chi connectivity index (χ3n) is 4.68. The summed E-state index contributed by atoms with van der Waals surface area (Å²) in [5.41, 5.74) is 0.649. The van der Waals surface area contributed by atoms with E-state index in [0.717, 1.165) is 5.56 Å². The molecule has 0 spiro atoms. The molecule has 0 bridgehead atoms. The molecule has 2 rings (SSSR count). The quantitative estimate of drug-likeness (QED) is 0.861. The SMILES string of the molecule is CC(C)(CNC(=O)C1CCN(CC(F)F)CC1)c1ccc(F)cc1. The highest BCUT2D eigenvalue weighted by molar-refractivity contribution is 5.78. The largest absolute Gasteiger partial charge is 0.355 e. The van der Waals surface area contributed by atoms with Gasteiger partial charge in [-0.15, -0.1) is 0 Å². The van der Waals surface area contributed by atoms with E-state index in [1.54, 1.807) is 17.0 Å². The molecular weight excluding hydrogens is 317 g/mol. The molecule has 24 heavy (non-hydrogen) atoms. The lowest BCUT2D eigenvalue weighted by atomic mass is 9.84. The number of nitrogens with one attached hydrogen (secondary N) is 1. The third-order valence-corrected chi connectivity index (χ3v) is 4.68. The Morgan fingerprint density at radius 1 is 1.25 bits per heavy atom. The normalized spacial score (nSPS) is 17.2. The lowest BCUT2D eigenvalue weighted by Crippen LogP contribution is -2.44. The van der Waals surface area contributed by atoms with Gasteiger partial charge >= 0.3 is 0 Å². The molecule has 1 aliphatic heterocycles. The van der Waals surface area contributed by atoms with Gasteiger partial charge in [-0.1, -0.05) is 26.0 Å². The minimum absolute atomic E-state index is 0.0260. The highest BCUT2D eigenvalue weighted by atomic mass is 19.3. The number of piperidine rings is 1. The van der Waals surface area contributed by atoms with Crippen LogP contribution in [0.25, 0.3) is 0 Å². The van der Waals surface area contributed by atoms with Crippen molar-refractivity contribution in [1.82, 2.24) is 10.2 Å². The number of likely N-dealkylation sites (tertiary alicyclic amines) is 1. The number of nitrogens with zero attached hydrogens (tertiary/aromatic N) is 1. The van der Waals surface area contributed by atoms with E-state index in [0.29, 0.717) is 32.5 Å². The minimum Gasteiger partial charge on any atom is -0.355 e. The van der Waals surface area contributed by atoms with E-state index in [-0.39, 0.29) is 29.6 Å². The molecular formula is C18H25F3N2O. The van der Waals surface area contributed by atoms with Crippen LogP contribution in [0.15, 0.2) is 24.3 Å². The van der Waals surface area contributed by atoms with Crippen molar-refractivity contribution in [1.29, 1.82) is 0 Å². The number of hydrogen-bond donors (Lipinski definition) is 1. The molecule has 1 aliphatic rings. The van der Waals surface area contributed by atoms with E-state index in [4.69, 9.17) is 0 Å². The fraction of sp³-hybridized carbons (Fsp3) is 0.611. The van der Waals surface area contributed by atoms with Gasteiger partial charge in [-0.05, 0) is 43.6 Å². The predicted molar refractivity (Wildman–Crippen MR) is 87.6 cm³/mol. The molecule has 1 heterocycles. The Morgan fingerprint density at radius 2 is 1.83 bits per heavy atom. The number of amides is 1. The van der Waals surface area contributed by atoms with E-state index >= 15 is 0 Å². The average Bonchev–Trinajstić information content (AvgIpc) is 2.53. The van der Waals surface area contributed by atoms with Crippen LogP contribution in [-0.4, -0.2) is 43.4 Å². The summed E-state index contributed by atoms with van der Waals surface area (Å²) in [5, 5.41) is 2.96. The summed E-state index contributed by atoms with van der Waals surface area (Å²) < 4.78 is 37.8. The van der Waals surface area contributed by atoms with Crippen molar-refractivity contribution in [3.63, 3.8) is 0 Å². The van der Waals surface area contributed by atoms with Crippen LogP contribution >= 0.6 is 0 Å². The third kappa shape index (κ3) is 5.23. The monoisotopic (exact) mass is 342 g/mol. The Kier molecular flexibility index (Phi) is 6.27. The summed E-state index contributed by atoms with van der Waals surface area (Å²) in [5.74, 6) is -0.432. The number of alkyl halides is 2. The van der Waals surface area contributed by atoms with E-state index in [2.05, 4.69) is 5.32 Å². The Bertz CT molecular complexity index is 538. The summed E-state index contributed by atoms with van der Waals surface area (Å²) in [6.07, 6.45) is -1.11. The van der Waals surface area contributed by atoms with Crippen molar-refractivity contribution in [2.45, 2.75) is 38.5 Å². The molecule has 1 aromatic carbocycles. The summed E-state index contributed by atoms with van der Waals surface area (Å²) in [6, 6.07) is 6.28. The van der Waals surface area contributed by atoms with Crippen molar-refractivity contribution in [2.24, 2.45) is 5.92 Å². The van der Waals surface area contributed by atoms with Gasteiger partial charge in [0, 0.05) is 17.9 Å². The van der Waals surface area contributed by atoms with Crippen LogP contribution in [0.1, 0.15) is 32.3 Å². The van der Waals surface area contributed by atoms with E-state index in [1.807, 2.05) is 13.8 Å². The average molecular weight is 342 g/mol. The number of carbonyl (C=O) groups excluding carboxylic acids is 1. The maximum absolute atomic E-state index is 13.0. The first-order valence-corrected chi connectivity index (χ1v) is 8.32. The molecule has 1 amide bonds. The van der Waals surface area contributed by atoms with Crippen molar-refractivity contribution < 1.29 is 18.0 Å². The zero-order valence-electron chi connectivity index (χ0n) is 14.2. The van der Waals surface area contributed by atoms with Gasteiger partial charge in [0.2, 0.25) is 5.91 Å². The van der Waals surface area contributed by atoms with Crippen LogP contribution in [0.4, 0.5) is 13.2 Å². The lowest BCUT2D eigenvalue weighted by Gasteiger charge is -2.32. The highest BCUT2D eigenvalue weighted by Crippen LogP contribution is 2.23. The van der Waals surface area contributed by atoms with Crippen molar-refractivity contribution in [3.8, 4) is 0 Å². The van der Waals surface area contributed by atoms with Gasteiger partial charge in [0.15, 0.2) is 0 Å². The Morgan fingerprint density at radius 3 is 2.38 bits per heavy atom. The number of hydrogen-bond acceptors (Lipinski definition) is 2. The van der Waals surface area contributed by atoms with E-state index in [1.165, 1.54) is 12.1 Å². The molecule has 1 fully saturated rings. The summed E-state index contributed by atoms with van der Waals surface area (Å²) >= 11 is 0. The van der Waals surface area contributed by atoms with E-state index in [9.17, 15) is 18.0 Å². The molecule has 1 saturated heterocycles. The maximum Gasteiger partial charge on any atom is 0.251 e. The van der Waals surface area contributed by atoms with Gasteiger partial charge in [0.25, 0.3) is 6.43 Å². The summed E-state index contributed by atoms with van der Waals surface area (Å²) in [6.45, 7) is 5.28. The first kappa shape index (κ1) is 18.8. The topological polar surface area (TPSA) is 32.3 Å². The summed E-state index contributed by atoms with van der Waals surface area (Å²) in [7, 11) is 0. The fourth-order valence-corrected chi connectivity index (χ4v) is 3.03. The molecule has 0 saturated carbocycles. The van der Waals surface area contributed by atoms with E-state index < -0.39 is 6.43 Å². The molecule has 134 valence electrons. The second kappa shape index (κ2) is 8.01. The minimum atomic E-state index is -2.33. The maximum atomic E-state index is 13.0. The molecule has 3 nitrogen and oxygen atoms in total. The number of carbonyl (C=O) groups is 1. The molecule has 0 aromatic heterocycles. The number of benzene rings is 1. The van der Waals surface area contributed by atoms with Gasteiger partial charge in [0.05, 0.1) is 6.54 Å². The fourth-order valence-electron chi connectivity index (χ4n) is 3.03. The van der Waals surface area contributed by atoms with Gasteiger partial charge in [-0.2, -0.15) is 0 Å². The second-order valence-corrected chi connectivity index (χ2v) is 7.07. The molecule has 1 N–H and O–H groups in total. The standard InChI is InChI=1S/C18H25F3N2O/c1-18(2,14-3-5-15(19)6-4-14)12-22-17(24)13-7-9-23(10-8-13)11-16(20)21/h3-6,13,16H,7-12H2,1-2H3,(H,22,24). The Balaban J connectivity index is 1.81. The Hall–Kier alpha value is -1.56. The second-order valence-electron chi connectivity index (χ2n) is 7.07. The van der Waals surface area contributed by atoms with Crippen molar-refractivity contribution in [3.05, 3.63) is 35.6 Å². The molecule has 0 unspecified atom stereocenters. The molecule has 0 radical (unpaired) electrons. The van der Waals surface area contributed by atoms with Gasteiger partial charge in [0.1, 0.15) is 5.82 Å². The molecule has 0 atom stereocenters. The first-order valence-electron chi connectivity index (χ1n) is 8.32. The Labute approximate surface area is 141 Å². The molecule has 1 aromatic rings. The number of rotatable bonds is 6. The molecule has 0 aliphatic carbocycles. The van der Waals surface area contributed by atoms with Gasteiger partial charge in [-0.3, -0.25) is 9.69 Å². The molecule has 6 heteroatoms. The van der Waals surface area contributed by atoms with Crippen LogP contribution in [-0.2, 0) is 10.2 Å². The van der Waals surface area contributed by atoms with Crippen LogP contribution in [0.3, 0.4) is 0 Å². The highest BCUT2D eigenvalue weighted by Gasteiger charge is 2.28. The van der Waals surface area contributed by atoms with Crippen LogP contribution < -0.4 is 5.32 Å². The van der Waals surface area contributed by atoms with Crippen molar-refractivity contribution >= 4 is 5.91 Å². The van der Waals surface area contributed by atoms with Gasteiger partial charge < -0.3 is 5.32 Å². The first-order chi connectivity index (χ1) is 11.3. The zero-order valence-corrected chi connectivity index (χ0v) is 14.2. The smallest absolute Gasteiger partial charge is 0.251 e.